The van der Waals surface area contributed by atoms with E-state index in [4.69, 9.17) is 0 Å². The molecule has 0 amide bonds. The first-order chi connectivity index (χ1) is 7.65. The van der Waals surface area contributed by atoms with Crippen molar-refractivity contribution in [2.75, 3.05) is 13.1 Å². The Morgan fingerprint density at radius 2 is 2.44 bits per heavy atom. The fraction of sp³-hybridized carbons (Fsp3) is 0.583. The molecule has 4 heteroatoms. The second-order valence-electron chi connectivity index (χ2n) is 4.49. The molecule has 2 heterocycles. The molecular weight excluding hydrogens is 268 g/mol. The van der Waals surface area contributed by atoms with Crippen LogP contribution in [-0.2, 0) is 6.54 Å². The molecule has 1 aromatic rings. The van der Waals surface area contributed by atoms with Crippen molar-refractivity contribution in [1.82, 2.24) is 9.88 Å². The third kappa shape index (κ3) is 3.03. The van der Waals surface area contributed by atoms with Crippen LogP contribution in [0.5, 0.6) is 0 Å². The van der Waals surface area contributed by atoms with Gasteiger partial charge >= 0.3 is 0 Å². The SMILES string of the molecule is CC(O)C1CCN(Cc2ccc(Br)cn2)C1. The third-order valence-electron chi connectivity index (χ3n) is 3.17. The molecule has 88 valence electrons. The zero-order valence-corrected chi connectivity index (χ0v) is 11.0. The summed E-state index contributed by atoms with van der Waals surface area (Å²) in [7, 11) is 0. The minimum Gasteiger partial charge on any atom is -0.393 e. The highest BCUT2D eigenvalue weighted by Crippen LogP contribution is 2.21. The Kier molecular flexibility index (Phi) is 3.95. The highest BCUT2D eigenvalue weighted by atomic mass is 79.9. The molecule has 2 atom stereocenters. The summed E-state index contributed by atoms with van der Waals surface area (Å²) in [5.41, 5.74) is 1.09. The van der Waals surface area contributed by atoms with E-state index in [9.17, 15) is 5.11 Å². The number of rotatable bonds is 3. The predicted octanol–water partition coefficient (Wildman–Crippen LogP) is 2.05. The van der Waals surface area contributed by atoms with Gasteiger partial charge in [0.1, 0.15) is 0 Å². The van der Waals surface area contributed by atoms with Crippen molar-refractivity contribution in [3.8, 4) is 0 Å². The standard InChI is InChI=1S/C12H17BrN2O/c1-9(16)10-4-5-15(7-10)8-12-3-2-11(13)6-14-12/h2-3,6,9-10,16H,4-5,7-8H2,1H3. The third-order valence-corrected chi connectivity index (χ3v) is 3.63. The van der Waals surface area contributed by atoms with Crippen LogP contribution in [0.3, 0.4) is 0 Å². The molecule has 2 rings (SSSR count). The van der Waals surface area contributed by atoms with Gasteiger partial charge in [-0.25, -0.2) is 0 Å². The molecule has 0 aromatic carbocycles. The maximum atomic E-state index is 9.52. The maximum absolute atomic E-state index is 9.52. The number of aliphatic hydroxyl groups excluding tert-OH is 1. The summed E-state index contributed by atoms with van der Waals surface area (Å²) >= 11 is 3.38. The molecule has 0 saturated carbocycles. The summed E-state index contributed by atoms with van der Waals surface area (Å²) < 4.78 is 1.01. The van der Waals surface area contributed by atoms with Crippen molar-refractivity contribution in [3.05, 3.63) is 28.5 Å². The van der Waals surface area contributed by atoms with Crippen LogP contribution in [0.4, 0.5) is 0 Å². The van der Waals surface area contributed by atoms with E-state index in [2.05, 4.69) is 25.8 Å². The minimum atomic E-state index is -0.192. The van der Waals surface area contributed by atoms with Crippen LogP contribution in [0.2, 0.25) is 0 Å². The minimum absolute atomic E-state index is 0.192. The van der Waals surface area contributed by atoms with E-state index in [1.54, 1.807) is 0 Å². The smallest absolute Gasteiger partial charge is 0.0552 e. The van der Waals surface area contributed by atoms with Gasteiger partial charge in [-0.3, -0.25) is 9.88 Å². The number of hydrogen-bond acceptors (Lipinski definition) is 3. The fourth-order valence-corrected chi connectivity index (χ4v) is 2.36. The Labute approximate surface area is 105 Å². The van der Waals surface area contributed by atoms with Crippen molar-refractivity contribution in [1.29, 1.82) is 0 Å². The Morgan fingerprint density at radius 3 is 3.00 bits per heavy atom. The van der Waals surface area contributed by atoms with Crippen molar-refractivity contribution < 1.29 is 5.11 Å². The summed E-state index contributed by atoms with van der Waals surface area (Å²) in [5.74, 6) is 0.426. The monoisotopic (exact) mass is 284 g/mol. The Balaban J connectivity index is 1.89. The van der Waals surface area contributed by atoms with Crippen molar-refractivity contribution in [3.63, 3.8) is 0 Å². The van der Waals surface area contributed by atoms with Crippen molar-refractivity contribution in [2.45, 2.75) is 26.0 Å². The van der Waals surface area contributed by atoms with Crippen LogP contribution in [0, 0.1) is 5.92 Å². The van der Waals surface area contributed by atoms with Gasteiger partial charge in [0.25, 0.3) is 0 Å². The molecule has 1 aliphatic heterocycles. The molecule has 1 N–H and O–H groups in total. The lowest BCUT2D eigenvalue weighted by molar-refractivity contribution is 0.127. The zero-order valence-electron chi connectivity index (χ0n) is 9.43. The van der Waals surface area contributed by atoms with Gasteiger partial charge in [0.15, 0.2) is 0 Å². The van der Waals surface area contributed by atoms with E-state index < -0.39 is 0 Å². The zero-order chi connectivity index (χ0) is 11.5. The van der Waals surface area contributed by atoms with Crippen molar-refractivity contribution >= 4 is 15.9 Å². The van der Waals surface area contributed by atoms with Gasteiger partial charge in [0, 0.05) is 23.8 Å². The largest absolute Gasteiger partial charge is 0.393 e. The number of pyridine rings is 1. The molecule has 0 bridgehead atoms. The number of aromatic nitrogens is 1. The second kappa shape index (κ2) is 5.25. The molecule has 0 spiro atoms. The quantitative estimate of drug-likeness (QED) is 0.923. The van der Waals surface area contributed by atoms with E-state index in [0.29, 0.717) is 5.92 Å². The molecule has 0 aliphatic carbocycles. The summed E-state index contributed by atoms with van der Waals surface area (Å²) in [5, 5.41) is 9.52. The number of halogens is 1. The first-order valence-electron chi connectivity index (χ1n) is 5.66. The van der Waals surface area contributed by atoms with Crippen LogP contribution in [0.15, 0.2) is 22.8 Å². The van der Waals surface area contributed by atoms with E-state index in [0.717, 1.165) is 36.2 Å². The van der Waals surface area contributed by atoms with E-state index in [-0.39, 0.29) is 6.10 Å². The lowest BCUT2D eigenvalue weighted by Gasteiger charge is -2.16. The lowest BCUT2D eigenvalue weighted by atomic mass is 10.0. The Hall–Kier alpha value is -0.450. The molecule has 1 aliphatic rings. The number of aliphatic hydroxyl groups is 1. The highest BCUT2D eigenvalue weighted by Gasteiger charge is 2.25. The van der Waals surface area contributed by atoms with Crippen LogP contribution in [0.1, 0.15) is 19.0 Å². The van der Waals surface area contributed by atoms with Gasteiger partial charge in [-0.1, -0.05) is 0 Å². The van der Waals surface area contributed by atoms with Crippen LogP contribution in [-0.4, -0.2) is 34.2 Å². The van der Waals surface area contributed by atoms with Gasteiger partial charge in [-0.2, -0.15) is 0 Å². The lowest BCUT2D eigenvalue weighted by Crippen LogP contribution is -2.24. The predicted molar refractivity (Wildman–Crippen MR) is 67.0 cm³/mol. The van der Waals surface area contributed by atoms with E-state index in [1.165, 1.54) is 0 Å². The summed E-state index contributed by atoms with van der Waals surface area (Å²) in [6.07, 6.45) is 2.73. The average Bonchev–Trinajstić information content (AvgIpc) is 2.70. The second-order valence-corrected chi connectivity index (χ2v) is 5.41. The van der Waals surface area contributed by atoms with Crippen molar-refractivity contribution in [2.24, 2.45) is 5.92 Å². The van der Waals surface area contributed by atoms with E-state index >= 15 is 0 Å². The summed E-state index contributed by atoms with van der Waals surface area (Å²) in [6.45, 7) is 4.81. The molecule has 3 nitrogen and oxygen atoms in total. The normalized spacial score (nSPS) is 23.6. The van der Waals surface area contributed by atoms with Gasteiger partial charge in [0.05, 0.1) is 11.8 Å². The van der Waals surface area contributed by atoms with Crippen LogP contribution >= 0.6 is 15.9 Å². The first kappa shape index (κ1) is 12.0. The Morgan fingerprint density at radius 1 is 1.62 bits per heavy atom. The average molecular weight is 285 g/mol. The number of likely N-dealkylation sites (tertiary alicyclic amines) is 1. The molecule has 1 saturated heterocycles. The molecule has 0 radical (unpaired) electrons. The van der Waals surface area contributed by atoms with Gasteiger partial charge in [-0.05, 0) is 53.9 Å². The van der Waals surface area contributed by atoms with Gasteiger partial charge in [0.2, 0.25) is 0 Å². The highest BCUT2D eigenvalue weighted by molar-refractivity contribution is 9.10. The van der Waals surface area contributed by atoms with Gasteiger partial charge in [-0.15, -0.1) is 0 Å². The summed E-state index contributed by atoms with van der Waals surface area (Å²) in [6, 6.07) is 4.06. The van der Waals surface area contributed by atoms with Crippen LogP contribution < -0.4 is 0 Å². The maximum Gasteiger partial charge on any atom is 0.0552 e. The molecular formula is C12H17BrN2O. The number of nitrogens with zero attached hydrogens (tertiary/aromatic N) is 2. The molecule has 1 aromatic heterocycles. The number of hydrogen-bond donors (Lipinski definition) is 1. The van der Waals surface area contributed by atoms with E-state index in [1.807, 2.05) is 25.3 Å². The molecule has 2 unspecified atom stereocenters. The molecule has 1 fully saturated rings. The topological polar surface area (TPSA) is 36.4 Å². The van der Waals surface area contributed by atoms with Crippen LogP contribution in [0.25, 0.3) is 0 Å². The first-order valence-corrected chi connectivity index (χ1v) is 6.45. The fourth-order valence-electron chi connectivity index (χ4n) is 2.13. The Bertz CT molecular complexity index is 339. The van der Waals surface area contributed by atoms with Gasteiger partial charge < -0.3 is 5.11 Å². The summed E-state index contributed by atoms with van der Waals surface area (Å²) in [4.78, 5) is 6.72. The molecule has 16 heavy (non-hydrogen) atoms.